The minimum Gasteiger partial charge on any atom is -0.484 e. The highest BCUT2D eigenvalue weighted by Gasteiger charge is 2.12. The number of benzene rings is 2. The molecule has 3 aromatic rings. The van der Waals surface area contributed by atoms with Crippen LogP contribution in [0.1, 0.15) is 23.0 Å². The van der Waals surface area contributed by atoms with Gasteiger partial charge in [-0.3, -0.25) is 14.6 Å². The van der Waals surface area contributed by atoms with Crippen LogP contribution in [0.25, 0.3) is 11.3 Å². The molecule has 0 spiro atoms. The standard InChI is InChI=1S/C23H23N3O3/c1-3-24-22(27)15-29-19-11-9-18(10-12-19)26-23(28)20-13-14-21(25-16(20)2)17-7-5-4-6-8-17/h4-14H,3,15H2,1-2H3,(H,24,27)(H,26,28). The summed E-state index contributed by atoms with van der Waals surface area (Å²) < 4.78 is 5.40. The number of ether oxygens (including phenoxy) is 1. The van der Waals surface area contributed by atoms with E-state index in [4.69, 9.17) is 4.74 Å². The molecule has 0 saturated heterocycles. The fourth-order valence-corrected chi connectivity index (χ4v) is 2.80. The van der Waals surface area contributed by atoms with Gasteiger partial charge in [-0.25, -0.2) is 0 Å². The molecule has 2 aromatic carbocycles. The van der Waals surface area contributed by atoms with E-state index in [2.05, 4.69) is 15.6 Å². The predicted molar refractivity (Wildman–Crippen MR) is 113 cm³/mol. The molecule has 0 fully saturated rings. The molecule has 0 radical (unpaired) electrons. The first-order valence-corrected chi connectivity index (χ1v) is 9.41. The third-order valence-corrected chi connectivity index (χ3v) is 4.26. The van der Waals surface area contributed by atoms with Gasteiger partial charge in [0.25, 0.3) is 11.8 Å². The predicted octanol–water partition coefficient (Wildman–Crippen LogP) is 3.82. The Morgan fingerprint density at radius 2 is 1.69 bits per heavy atom. The lowest BCUT2D eigenvalue weighted by atomic mass is 10.1. The van der Waals surface area contributed by atoms with Crippen molar-refractivity contribution in [3.8, 4) is 17.0 Å². The Labute approximate surface area is 169 Å². The molecule has 1 aromatic heterocycles. The molecule has 2 N–H and O–H groups in total. The molecule has 0 unspecified atom stereocenters. The number of aromatic nitrogens is 1. The molecule has 0 atom stereocenters. The van der Waals surface area contributed by atoms with E-state index in [9.17, 15) is 9.59 Å². The molecular formula is C23H23N3O3. The molecule has 0 aliphatic heterocycles. The normalized spacial score (nSPS) is 10.3. The number of carbonyl (C=O) groups excluding carboxylic acids is 2. The third kappa shape index (κ3) is 5.42. The van der Waals surface area contributed by atoms with E-state index in [0.717, 1.165) is 11.3 Å². The van der Waals surface area contributed by atoms with E-state index in [1.165, 1.54) is 0 Å². The summed E-state index contributed by atoms with van der Waals surface area (Å²) in [5, 5.41) is 5.52. The van der Waals surface area contributed by atoms with Crippen LogP contribution in [0.4, 0.5) is 5.69 Å². The topological polar surface area (TPSA) is 80.3 Å². The van der Waals surface area contributed by atoms with E-state index in [1.807, 2.05) is 50.2 Å². The Morgan fingerprint density at radius 1 is 0.966 bits per heavy atom. The second kappa shape index (κ2) is 9.50. The van der Waals surface area contributed by atoms with Crippen LogP contribution in [0.3, 0.4) is 0 Å². The summed E-state index contributed by atoms with van der Waals surface area (Å²) in [7, 11) is 0. The molecule has 0 bridgehead atoms. The summed E-state index contributed by atoms with van der Waals surface area (Å²) in [5.41, 5.74) is 3.64. The van der Waals surface area contributed by atoms with Gasteiger partial charge in [0.15, 0.2) is 6.61 Å². The van der Waals surface area contributed by atoms with Crippen molar-refractivity contribution in [1.82, 2.24) is 10.3 Å². The van der Waals surface area contributed by atoms with E-state index in [0.29, 0.717) is 29.2 Å². The van der Waals surface area contributed by atoms with Crippen molar-refractivity contribution in [2.75, 3.05) is 18.5 Å². The number of aryl methyl sites for hydroxylation is 1. The zero-order valence-electron chi connectivity index (χ0n) is 16.4. The van der Waals surface area contributed by atoms with E-state index >= 15 is 0 Å². The van der Waals surface area contributed by atoms with Crippen molar-refractivity contribution >= 4 is 17.5 Å². The average molecular weight is 389 g/mol. The smallest absolute Gasteiger partial charge is 0.257 e. The summed E-state index contributed by atoms with van der Waals surface area (Å²) >= 11 is 0. The van der Waals surface area contributed by atoms with Gasteiger partial charge in [0.05, 0.1) is 17.0 Å². The highest BCUT2D eigenvalue weighted by atomic mass is 16.5. The third-order valence-electron chi connectivity index (χ3n) is 4.26. The quantitative estimate of drug-likeness (QED) is 0.644. The minimum atomic E-state index is -0.231. The van der Waals surface area contributed by atoms with Crippen molar-refractivity contribution in [3.05, 3.63) is 78.0 Å². The number of likely N-dealkylation sites (N-methyl/N-ethyl adjacent to an activating group) is 1. The number of carbonyl (C=O) groups is 2. The van der Waals surface area contributed by atoms with Crippen LogP contribution >= 0.6 is 0 Å². The lowest BCUT2D eigenvalue weighted by molar-refractivity contribution is -0.122. The van der Waals surface area contributed by atoms with Crippen LogP contribution in [-0.4, -0.2) is 29.9 Å². The SMILES string of the molecule is CCNC(=O)COc1ccc(NC(=O)c2ccc(-c3ccccc3)nc2C)cc1. The summed E-state index contributed by atoms with van der Waals surface area (Å²) in [6, 6.07) is 20.3. The number of nitrogens with one attached hydrogen (secondary N) is 2. The molecule has 6 nitrogen and oxygen atoms in total. The Bertz CT molecular complexity index is 986. The van der Waals surface area contributed by atoms with Crippen LogP contribution in [0.2, 0.25) is 0 Å². The first-order chi connectivity index (χ1) is 14.1. The monoisotopic (exact) mass is 389 g/mol. The zero-order valence-corrected chi connectivity index (χ0v) is 16.4. The first-order valence-electron chi connectivity index (χ1n) is 9.41. The number of nitrogens with zero attached hydrogens (tertiary/aromatic N) is 1. The van der Waals surface area contributed by atoms with Crippen molar-refractivity contribution < 1.29 is 14.3 Å². The maximum absolute atomic E-state index is 12.6. The van der Waals surface area contributed by atoms with Gasteiger partial charge >= 0.3 is 0 Å². The van der Waals surface area contributed by atoms with Crippen molar-refractivity contribution in [3.63, 3.8) is 0 Å². The molecular weight excluding hydrogens is 366 g/mol. The summed E-state index contributed by atoms with van der Waals surface area (Å²) in [6.07, 6.45) is 0. The van der Waals surface area contributed by atoms with Crippen LogP contribution in [-0.2, 0) is 4.79 Å². The molecule has 29 heavy (non-hydrogen) atoms. The summed E-state index contributed by atoms with van der Waals surface area (Å²) in [6.45, 7) is 4.19. The number of rotatable bonds is 7. The highest BCUT2D eigenvalue weighted by molar-refractivity contribution is 6.05. The molecule has 6 heteroatoms. The van der Waals surface area contributed by atoms with Gasteiger partial charge in [-0.1, -0.05) is 30.3 Å². The number of hydrogen-bond acceptors (Lipinski definition) is 4. The van der Waals surface area contributed by atoms with E-state index < -0.39 is 0 Å². The van der Waals surface area contributed by atoms with Gasteiger partial charge in [-0.05, 0) is 50.2 Å². The first kappa shape index (κ1) is 20.1. The molecule has 1 heterocycles. The highest BCUT2D eigenvalue weighted by Crippen LogP contribution is 2.20. The van der Waals surface area contributed by atoms with Gasteiger partial charge in [0.2, 0.25) is 0 Å². The second-order valence-corrected chi connectivity index (χ2v) is 6.42. The molecule has 3 rings (SSSR count). The zero-order chi connectivity index (χ0) is 20.6. The van der Waals surface area contributed by atoms with Gasteiger partial charge < -0.3 is 15.4 Å². The Kier molecular flexibility index (Phi) is 6.58. The Morgan fingerprint density at radius 3 is 2.34 bits per heavy atom. The van der Waals surface area contributed by atoms with Gasteiger partial charge in [0.1, 0.15) is 5.75 Å². The number of anilines is 1. The van der Waals surface area contributed by atoms with E-state index in [1.54, 1.807) is 30.3 Å². The lowest BCUT2D eigenvalue weighted by Gasteiger charge is -2.10. The largest absolute Gasteiger partial charge is 0.484 e. The van der Waals surface area contributed by atoms with E-state index in [-0.39, 0.29) is 18.4 Å². The van der Waals surface area contributed by atoms with Gasteiger partial charge in [-0.2, -0.15) is 0 Å². The van der Waals surface area contributed by atoms with Crippen molar-refractivity contribution in [2.45, 2.75) is 13.8 Å². The van der Waals surface area contributed by atoms with Gasteiger partial charge in [-0.15, -0.1) is 0 Å². The molecule has 0 aliphatic carbocycles. The Balaban J connectivity index is 1.63. The van der Waals surface area contributed by atoms with Crippen LogP contribution in [0, 0.1) is 6.92 Å². The molecule has 148 valence electrons. The van der Waals surface area contributed by atoms with Crippen molar-refractivity contribution in [1.29, 1.82) is 0 Å². The lowest BCUT2D eigenvalue weighted by Crippen LogP contribution is -2.28. The fraction of sp³-hybridized carbons (Fsp3) is 0.174. The molecule has 0 saturated carbocycles. The van der Waals surface area contributed by atoms with Crippen LogP contribution in [0.15, 0.2) is 66.7 Å². The van der Waals surface area contributed by atoms with Crippen LogP contribution in [0.5, 0.6) is 5.75 Å². The van der Waals surface area contributed by atoms with Crippen molar-refractivity contribution in [2.24, 2.45) is 0 Å². The minimum absolute atomic E-state index is 0.0435. The Hall–Kier alpha value is -3.67. The number of amides is 2. The maximum atomic E-state index is 12.6. The number of hydrogen-bond donors (Lipinski definition) is 2. The molecule has 0 aliphatic rings. The fourth-order valence-electron chi connectivity index (χ4n) is 2.80. The van der Waals surface area contributed by atoms with Gasteiger partial charge in [0, 0.05) is 17.8 Å². The number of pyridine rings is 1. The summed E-state index contributed by atoms with van der Waals surface area (Å²) in [4.78, 5) is 28.6. The maximum Gasteiger partial charge on any atom is 0.257 e. The molecule has 2 amide bonds. The van der Waals surface area contributed by atoms with Crippen LogP contribution < -0.4 is 15.4 Å². The summed E-state index contributed by atoms with van der Waals surface area (Å²) in [5.74, 6) is 0.150. The second-order valence-electron chi connectivity index (χ2n) is 6.42. The average Bonchev–Trinajstić information content (AvgIpc) is 2.74.